The number of furan rings is 1. The highest BCUT2D eigenvalue weighted by Crippen LogP contribution is 2.41. The van der Waals surface area contributed by atoms with Crippen LogP contribution in [0.3, 0.4) is 0 Å². The van der Waals surface area contributed by atoms with E-state index in [1.54, 1.807) is 0 Å². The van der Waals surface area contributed by atoms with Crippen LogP contribution in [0.5, 0.6) is 5.75 Å². The largest absolute Gasteiger partial charge is 0.494 e. The van der Waals surface area contributed by atoms with Gasteiger partial charge < -0.3 is 9.15 Å². The number of unbranched alkanes of at least 4 members (excludes halogenated alkanes) is 1. The van der Waals surface area contributed by atoms with Gasteiger partial charge in [0.2, 0.25) is 0 Å². The van der Waals surface area contributed by atoms with Gasteiger partial charge in [0.25, 0.3) is 0 Å². The Morgan fingerprint density at radius 3 is 2.19 bits per heavy atom. The Hall–Kier alpha value is -2.74. The Labute approximate surface area is 162 Å². The summed E-state index contributed by atoms with van der Waals surface area (Å²) < 4.78 is 12.0. The fourth-order valence-corrected chi connectivity index (χ4v) is 3.42. The summed E-state index contributed by atoms with van der Waals surface area (Å²) in [5.74, 6) is 2.95. The summed E-state index contributed by atoms with van der Waals surface area (Å²) in [7, 11) is 0. The fourth-order valence-electron chi connectivity index (χ4n) is 3.42. The lowest BCUT2D eigenvalue weighted by Crippen LogP contribution is -1.92. The van der Waals surface area contributed by atoms with Gasteiger partial charge >= 0.3 is 0 Å². The van der Waals surface area contributed by atoms with Crippen molar-refractivity contribution in [1.82, 2.24) is 0 Å². The molecular formula is C25H28O2. The maximum Gasteiger partial charge on any atom is 0.119 e. The Morgan fingerprint density at radius 1 is 0.889 bits per heavy atom. The molecule has 140 valence electrons. The molecule has 1 heterocycles. The van der Waals surface area contributed by atoms with Gasteiger partial charge in [0, 0.05) is 24.0 Å². The van der Waals surface area contributed by atoms with Crippen LogP contribution in [0.15, 0.2) is 71.7 Å². The molecule has 0 fully saturated rings. The van der Waals surface area contributed by atoms with Crippen molar-refractivity contribution in [3.05, 3.63) is 78.8 Å². The van der Waals surface area contributed by atoms with Crippen LogP contribution in [0.2, 0.25) is 0 Å². The van der Waals surface area contributed by atoms with Crippen LogP contribution in [0.4, 0.5) is 0 Å². The molecule has 2 nitrogen and oxygen atoms in total. The average Bonchev–Trinajstić information content (AvgIpc) is 3.06. The van der Waals surface area contributed by atoms with Crippen molar-refractivity contribution >= 4 is 0 Å². The van der Waals surface area contributed by atoms with E-state index in [1.165, 1.54) is 22.3 Å². The third-order valence-electron chi connectivity index (χ3n) is 4.66. The zero-order valence-corrected chi connectivity index (χ0v) is 16.3. The Balaban J connectivity index is 2.17. The first-order valence-corrected chi connectivity index (χ1v) is 9.82. The van der Waals surface area contributed by atoms with Gasteiger partial charge in [-0.1, -0.05) is 61.9 Å². The van der Waals surface area contributed by atoms with Gasteiger partial charge in [0.05, 0.1) is 6.61 Å². The summed E-state index contributed by atoms with van der Waals surface area (Å²) in [6, 6.07) is 18.9. The summed E-state index contributed by atoms with van der Waals surface area (Å²) in [5, 5.41) is 0. The molecule has 0 atom stereocenters. The van der Waals surface area contributed by atoms with Gasteiger partial charge in [0.15, 0.2) is 0 Å². The summed E-state index contributed by atoms with van der Waals surface area (Å²) in [4.78, 5) is 0. The maximum atomic E-state index is 6.37. The van der Waals surface area contributed by atoms with Crippen LogP contribution in [0.25, 0.3) is 22.3 Å². The number of aryl methyl sites for hydroxylation is 1. The first kappa shape index (κ1) is 19.0. The van der Waals surface area contributed by atoms with Crippen LogP contribution in [-0.2, 0) is 12.8 Å². The smallest absolute Gasteiger partial charge is 0.119 e. The minimum atomic E-state index is 0.672. The zero-order valence-electron chi connectivity index (χ0n) is 16.3. The van der Waals surface area contributed by atoms with Crippen LogP contribution in [0, 0.1) is 0 Å². The average molecular weight is 360 g/mol. The third kappa shape index (κ3) is 4.33. The minimum absolute atomic E-state index is 0.672. The van der Waals surface area contributed by atoms with Crippen LogP contribution in [0.1, 0.15) is 38.2 Å². The molecule has 0 bridgehead atoms. The molecule has 0 aliphatic rings. The van der Waals surface area contributed by atoms with Gasteiger partial charge in [-0.05, 0) is 36.6 Å². The quantitative estimate of drug-likeness (QED) is 0.380. The van der Waals surface area contributed by atoms with E-state index >= 15 is 0 Å². The Bertz CT molecular complexity index is 857. The van der Waals surface area contributed by atoms with Crippen molar-refractivity contribution in [1.29, 1.82) is 0 Å². The molecule has 0 N–H and O–H groups in total. The van der Waals surface area contributed by atoms with E-state index in [2.05, 4.69) is 49.9 Å². The van der Waals surface area contributed by atoms with Gasteiger partial charge in [0.1, 0.15) is 17.3 Å². The lowest BCUT2D eigenvalue weighted by atomic mass is 9.93. The van der Waals surface area contributed by atoms with Gasteiger partial charge in [-0.15, -0.1) is 6.58 Å². The lowest BCUT2D eigenvalue weighted by Gasteiger charge is -2.09. The number of ether oxygens (including phenoxy) is 1. The summed E-state index contributed by atoms with van der Waals surface area (Å²) in [5.41, 5.74) is 4.74. The van der Waals surface area contributed by atoms with E-state index in [9.17, 15) is 0 Å². The van der Waals surface area contributed by atoms with Crippen LogP contribution < -0.4 is 4.74 Å². The molecule has 0 saturated heterocycles. The molecule has 3 rings (SSSR count). The lowest BCUT2D eigenvalue weighted by molar-refractivity contribution is 0.340. The molecule has 0 aliphatic heterocycles. The number of hydrogen-bond acceptors (Lipinski definition) is 2. The topological polar surface area (TPSA) is 22.4 Å². The van der Waals surface area contributed by atoms with E-state index < -0.39 is 0 Å². The van der Waals surface area contributed by atoms with E-state index in [1.807, 2.05) is 31.2 Å². The summed E-state index contributed by atoms with van der Waals surface area (Å²) in [6.07, 6.45) is 5.83. The van der Waals surface area contributed by atoms with E-state index in [-0.39, 0.29) is 0 Å². The number of hydrogen-bond donors (Lipinski definition) is 0. The maximum absolute atomic E-state index is 6.37. The first-order valence-electron chi connectivity index (χ1n) is 9.82. The molecule has 0 amide bonds. The highest BCUT2D eigenvalue weighted by molar-refractivity contribution is 5.87. The number of benzene rings is 2. The SMILES string of the molecule is C=CCc1oc(CCCC)c(-c2ccc(OCC)cc2)c1-c1ccccc1. The second-order valence-corrected chi connectivity index (χ2v) is 6.62. The second-order valence-electron chi connectivity index (χ2n) is 6.62. The van der Waals surface area contributed by atoms with Crippen LogP contribution >= 0.6 is 0 Å². The molecule has 0 aliphatic carbocycles. The molecule has 0 unspecified atom stereocenters. The summed E-state index contributed by atoms with van der Waals surface area (Å²) >= 11 is 0. The predicted octanol–water partition coefficient (Wildman–Crippen LogP) is 7.08. The van der Waals surface area contributed by atoms with Gasteiger partial charge in [-0.2, -0.15) is 0 Å². The first-order chi connectivity index (χ1) is 13.3. The van der Waals surface area contributed by atoms with E-state index in [0.717, 1.165) is 43.0 Å². The van der Waals surface area contributed by atoms with E-state index in [4.69, 9.17) is 9.15 Å². The predicted molar refractivity (Wildman–Crippen MR) is 113 cm³/mol. The summed E-state index contributed by atoms with van der Waals surface area (Å²) in [6.45, 7) is 8.80. The Kier molecular flexibility index (Phi) is 6.54. The molecule has 2 aromatic carbocycles. The van der Waals surface area contributed by atoms with E-state index in [0.29, 0.717) is 6.61 Å². The van der Waals surface area contributed by atoms with Crippen molar-refractivity contribution in [3.8, 4) is 28.0 Å². The minimum Gasteiger partial charge on any atom is -0.494 e. The molecule has 2 heteroatoms. The molecule has 27 heavy (non-hydrogen) atoms. The highest BCUT2D eigenvalue weighted by atomic mass is 16.5. The molecule has 1 aromatic heterocycles. The van der Waals surface area contributed by atoms with Crippen molar-refractivity contribution in [2.24, 2.45) is 0 Å². The van der Waals surface area contributed by atoms with Crippen molar-refractivity contribution in [2.75, 3.05) is 6.61 Å². The molecular weight excluding hydrogens is 332 g/mol. The van der Waals surface area contributed by atoms with Crippen molar-refractivity contribution in [2.45, 2.75) is 39.5 Å². The van der Waals surface area contributed by atoms with Crippen molar-refractivity contribution < 1.29 is 9.15 Å². The second kappa shape index (κ2) is 9.27. The third-order valence-corrected chi connectivity index (χ3v) is 4.66. The molecule has 0 saturated carbocycles. The highest BCUT2D eigenvalue weighted by Gasteiger charge is 2.22. The van der Waals surface area contributed by atoms with Gasteiger partial charge in [-0.25, -0.2) is 0 Å². The molecule has 0 radical (unpaired) electrons. The zero-order chi connectivity index (χ0) is 19.1. The fraction of sp³-hybridized carbons (Fsp3) is 0.280. The van der Waals surface area contributed by atoms with Crippen LogP contribution in [-0.4, -0.2) is 6.61 Å². The standard InChI is InChI=1S/C25H28O2/c1-4-7-14-23-25(20-15-17-21(18-16-20)26-6-3)24(22(27-23)11-5-2)19-12-9-8-10-13-19/h5,8-10,12-13,15-18H,2,4,6-7,11,14H2,1,3H3. The number of rotatable bonds is 9. The van der Waals surface area contributed by atoms with Crippen molar-refractivity contribution in [3.63, 3.8) is 0 Å². The molecule has 3 aromatic rings. The monoisotopic (exact) mass is 360 g/mol. The Morgan fingerprint density at radius 2 is 1.56 bits per heavy atom. The normalized spacial score (nSPS) is 10.7. The number of allylic oxidation sites excluding steroid dienone is 1. The van der Waals surface area contributed by atoms with Gasteiger partial charge in [-0.3, -0.25) is 0 Å². The molecule has 0 spiro atoms.